The number of halogens is 2. The average Bonchev–Trinajstić information content (AvgIpc) is 2.69. The Morgan fingerprint density at radius 2 is 1.74 bits per heavy atom. The Morgan fingerprint density at radius 1 is 1.00 bits per heavy atom. The molecule has 1 heterocycles. The molecule has 0 saturated heterocycles. The minimum Gasteiger partial charge on any atom is -0.354 e. The van der Waals surface area contributed by atoms with Crippen LogP contribution in [0.15, 0.2) is 60.9 Å². The molecule has 1 aromatic heterocycles. The van der Waals surface area contributed by atoms with Gasteiger partial charge < -0.3 is 10.6 Å². The maximum atomic E-state index is 13.6. The van der Waals surface area contributed by atoms with Crippen molar-refractivity contribution in [3.8, 4) is 0 Å². The van der Waals surface area contributed by atoms with E-state index in [4.69, 9.17) is 0 Å². The summed E-state index contributed by atoms with van der Waals surface area (Å²) in [5, 5.41) is 5.45. The van der Waals surface area contributed by atoms with E-state index in [1.54, 1.807) is 0 Å². The van der Waals surface area contributed by atoms with Crippen molar-refractivity contribution in [2.75, 3.05) is 17.2 Å². The summed E-state index contributed by atoms with van der Waals surface area (Å²) in [5.74, 6) is -1.72. The molecule has 3 aromatic rings. The van der Waals surface area contributed by atoms with Crippen LogP contribution in [0.1, 0.15) is 22.3 Å². The van der Waals surface area contributed by atoms with Crippen LogP contribution in [0.5, 0.6) is 0 Å². The number of benzene rings is 2. The fourth-order valence-corrected chi connectivity index (χ4v) is 2.46. The molecule has 7 heteroatoms. The highest BCUT2D eigenvalue weighted by molar-refractivity contribution is 6.03. The lowest BCUT2D eigenvalue weighted by molar-refractivity contribution is 0.102. The first-order valence-electron chi connectivity index (χ1n) is 8.48. The zero-order chi connectivity index (χ0) is 19.1. The van der Waals surface area contributed by atoms with E-state index in [1.165, 1.54) is 18.0 Å². The minimum absolute atomic E-state index is 0.107. The Hall–Kier alpha value is -3.35. The number of nitrogens with zero attached hydrogens (tertiary/aromatic N) is 2. The van der Waals surface area contributed by atoms with E-state index < -0.39 is 17.5 Å². The van der Waals surface area contributed by atoms with Crippen molar-refractivity contribution < 1.29 is 13.6 Å². The molecular formula is C20H18F2N4O. The van der Waals surface area contributed by atoms with Gasteiger partial charge in [0.15, 0.2) is 0 Å². The zero-order valence-corrected chi connectivity index (χ0v) is 14.5. The van der Waals surface area contributed by atoms with Crippen LogP contribution >= 0.6 is 0 Å². The summed E-state index contributed by atoms with van der Waals surface area (Å²) in [6.07, 6.45) is 4.56. The number of carbonyl (C=O) groups is 1. The first kappa shape index (κ1) is 18.4. The highest BCUT2D eigenvalue weighted by atomic mass is 19.1. The van der Waals surface area contributed by atoms with Gasteiger partial charge in [-0.2, -0.15) is 0 Å². The summed E-state index contributed by atoms with van der Waals surface area (Å²) in [5.41, 5.74) is 1.33. The number of carbonyl (C=O) groups excluding carboxylic acids is 1. The summed E-state index contributed by atoms with van der Waals surface area (Å²) in [7, 11) is 0. The molecule has 1 amide bonds. The maximum Gasteiger partial charge on any atom is 0.258 e. The van der Waals surface area contributed by atoms with Gasteiger partial charge in [0.25, 0.3) is 5.91 Å². The number of rotatable bonds is 7. The number of hydrogen-bond donors (Lipinski definition) is 2. The Morgan fingerprint density at radius 3 is 2.44 bits per heavy atom. The number of nitrogens with one attached hydrogen (secondary N) is 2. The molecule has 0 atom stereocenters. The Bertz CT molecular complexity index is 902. The van der Waals surface area contributed by atoms with Gasteiger partial charge in [-0.3, -0.25) is 4.79 Å². The molecule has 0 bridgehead atoms. The van der Waals surface area contributed by atoms with Gasteiger partial charge in [-0.1, -0.05) is 30.3 Å². The molecule has 5 nitrogen and oxygen atoms in total. The van der Waals surface area contributed by atoms with Crippen molar-refractivity contribution in [3.05, 3.63) is 83.7 Å². The van der Waals surface area contributed by atoms with Crippen molar-refractivity contribution in [1.29, 1.82) is 0 Å². The second kappa shape index (κ2) is 8.84. The zero-order valence-electron chi connectivity index (χ0n) is 14.5. The van der Waals surface area contributed by atoms with E-state index >= 15 is 0 Å². The van der Waals surface area contributed by atoms with Crippen LogP contribution in [-0.4, -0.2) is 22.4 Å². The van der Waals surface area contributed by atoms with Gasteiger partial charge in [0.1, 0.15) is 11.6 Å². The van der Waals surface area contributed by atoms with Crippen molar-refractivity contribution in [2.45, 2.75) is 12.8 Å². The van der Waals surface area contributed by atoms with E-state index in [0.29, 0.717) is 18.6 Å². The van der Waals surface area contributed by atoms with Gasteiger partial charge in [-0.25, -0.2) is 18.7 Å². The van der Waals surface area contributed by atoms with E-state index in [0.717, 1.165) is 25.0 Å². The van der Waals surface area contributed by atoms with Crippen LogP contribution in [0, 0.1) is 11.6 Å². The van der Waals surface area contributed by atoms with Crippen molar-refractivity contribution in [3.63, 3.8) is 0 Å². The molecular weight excluding hydrogens is 350 g/mol. The molecule has 0 saturated carbocycles. The standard InChI is InChI=1S/C20H18F2N4O/c21-16-8-9-18(17(22)11-16)26-19(27)15-12-24-20(25-13-15)23-10-4-7-14-5-2-1-3-6-14/h1-3,5-6,8-9,11-13H,4,7,10H2,(H,26,27)(H,23,24,25). The van der Waals surface area contributed by atoms with Crippen LogP contribution in [0.4, 0.5) is 20.4 Å². The van der Waals surface area contributed by atoms with Gasteiger partial charge in [0.2, 0.25) is 5.95 Å². The molecule has 27 heavy (non-hydrogen) atoms. The molecule has 138 valence electrons. The monoisotopic (exact) mass is 368 g/mol. The third-order valence-electron chi connectivity index (χ3n) is 3.86. The predicted octanol–water partition coefficient (Wildman–Crippen LogP) is 4.05. The molecule has 3 rings (SSSR count). The first-order valence-corrected chi connectivity index (χ1v) is 8.48. The van der Waals surface area contributed by atoms with E-state index in [1.807, 2.05) is 18.2 Å². The minimum atomic E-state index is -0.846. The van der Waals surface area contributed by atoms with E-state index in [9.17, 15) is 13.6 Å². The summed E-state index contributed by atoms with van der Waals surface area (Å²) in [4.78, 5) is 20.3. The van der Waals surface area contributed by atoms with Gasteiger partial charge in [-0.05, 0) is 30.5 Å². The first-order chi connectivity index (χ1) is 13.1. The highest BCUT2D eigenvalue weighted by Gasteiger charge is 2.11. The van der Waals surface area contributed by atoms with Crippen molar-refractivity contribution in [2.24, 2.45) is 0 Å². The number of aryl methyl sites for hydroxylation is 1. The normalized spacial score (nSPS) is 10.4. The molecule has 0 aliphatic carbocycles. The summed E-state index contributed by atoms with van der Waals surface area (Å²) < 4.78 is 26.5. The number of aromatic nitrogens is 2. The van der Waals surface area contributed by atoms with Crippen molar-refractivity contribution in [1.82, 2.24) is 9.97 Å². The van der Waals surface area contributed by atoms with E-state index in [-0.39, 0.29) is 11.3 Å². The van der Waals surface area contributed by atoms with Crippen LogP contribution in [0.25, 0.3) is 0 Å². The van der Waals surface area contributed by atoms with Gasteiger partial charge in [-0.15, -0.1) is 0 Å². The van der Waals surface area contributed by atoms with Crippen LogP contribution in [-0.2, 0) is 6.42 Å². The SMILES string of the molecule is O=C(Nc1ccc(F)cc1F)c1cnc(NCCCc2ccccc2)nc1. The van der Waals surface area contributed by atoms with Gasteiger partial charge >= 0.3 is 0 Å². The highest BCUT2D eigenvalue weighted by Crippen LogP contribution is 2.16. The second-order valence-corrected chi connectivity index (χ2v) is 5.89. The molecule has 0 unspecified atom stereocenters. The lowest BCUT2D eigenvalue weighted by Crippen LogP contribution is -2.14. The number of amides is 1. The van der Waals surface area contributed by atoms with Gasteiger partial charge in [0.05, 0.1) is 11.3 Å². The summed E-state index contributed by atoms with van der Waals surface area (Å²) in [6.45, 7) is 0.696. The van der Waals surface area contributed by atoms with Crippen LogP contribution in [0.2, 0.25) is 0 Å². The summed E-state index contributed by atoms with van der Waals surface area (Å²) >= 11 is 0. The Labute approximate surface area is 155 Å². The lowest BCUT2D eigenvalue weighted by Gasteiger charge is -2.07. The molecule has 0 radical (unpaired) electrons. The third-order valence-corrected chi connectivity index (χ3v) is 3.86. The fourth-order valence-electron chi connectivity index (χ4n) is 2.46. The van der Waals surface area contributed by atoms with Gasteiger partial charge in [0, 0.05) is 25.0 Å². The Balaban J connectivity index is 1.49. The molecule has 0 aliphatic heterocycles. The Kier molecular flexibility index (Phi) is 6.04. The topological polar surface area (TPSA) is 66.9 Å². The summed E-state index contributed by atoms with van der Waals surface area (Å²) in [6, 6.07) is 13.1. The van der Waals surface area contributed by atoms with Crippen molar-refractivity contribution >= 4 is 17.5 Å². The largest absolute Gasteiger partial charge is 0.354 e. The van der Waals surface area contributed by atoms with Crippen LogP contribution < -0.4 is 10.6 Å². The average molecular weight is 368 g/mol. The fraction of sp³-hybridized carbons (Fsp3) is 0.150. The predicted molar refractivity (Wildman–Crippen MR) is 99.6 cm³/mol. The molecule has 0 fully saturated rings. The smallest absolute Gasteiger partial charge is 0.258 e. The quantitative estimate of drug-likeness (QED) is 0.618. The third kappa shape index (κ3) is 5.31. The second-order valence-electron chi connectivity index (χ2n) is 5.89. The molecule has 0 aliphatic rings. The molecule has 2 aromatic carbocycles. The maximum absolute atomic E-state index is 13.6. The molecule has 0 spiro atoms. The van der Waals surface area contributed by atoms with Crippen LogP contribution in [0.3, 0.4) is 0 Å². The number of anilines is 2. The molecule has 2 N–H and O–H groups in total. The van der Waals surface area contributed by atoms with E-state index in [2.05, 4.69) is 32.7 Å². The number of hydrogen-bond acceptors (Lipinski definition) is 4. The lowest BCUT2D eigenvalue weighted by atomic mass is 10.1.